The smallest absolute Gasteiger partial charge is 0.156 e. The van der Waals surface area contributed by atoms with Crippen LogP contribution in [0.4, 0.5) is 0 Å². The molecule has 0 amide bonds. The van der Waals surface area contributed by atoms with E-state index in [-0.39, 0.29) is 10.5 Å². The quantitative estimate of drug-likeness (QED) is 0.608. The Bertz CT molecular complexity index is 230. The lowest BCUT2D eigenvalue weighted by Crippen LogP contribution is -2.22. The van der Waals surface area contributed by atoms with Gasteiger partial charge in [0.2, 0.25) is 0 Å². The third-order valence-electron chi connectivity index (χ3n) is 2.72. The Balaban J connectivity index is 2.94. The van der Waals surface area contributed by atoms with Gasteiger partial charge in [-0.25, -0.2) is 8.42 Å². The first-order valence-corrected chi connectivity index (χ1v) is 5.83. The molecule has 3 heteroatoms. The van der Waals surface area contributed by atoms with Crippen molar-refractivity contribution in [3.63, 3.8) is 0 Å². The van der Waals surface area contributed by atoms with Gasteiger partial charge in [0.1, 0.15) is 0 Å². The predicted octanol–water partition coefficient (Wildman–Crippen LogP) is 1.61. The van der Waals surface area contributed by atoms with E-state index in [0.29, 0.717) is 5.92 Å². The summed E-state index contributed by atoms with van der Waals surface area (Å²) in [6, 6.07) is 0. The molecule has 0 N–H and O–H groups in total. The van der Waals surface area contributed by atoms with Gasteiger partial charge < -0.3 is 0 Å². The Morgan fingerprint density at radius 1 is 1.36 bits per heavy atom. The zero-order valence-corrected chi connectivity index (χ0v) is 8.19. The van der Waals surface area contributed by atoms with Crippen molar-refractivity contribution in [2.75, 3.05) is 0 Å². The van der Waals surface area contributed by atoms with Crippen LogP contribution in [0.1, 0.15) is 33.6 Å². The molecule has 0 saturated carbocycles. The zero-order valence-electron chi connectivity index (χ0n) is 7.37. The first-order valence-electron chi connectivity index (χ1n) is 4.22. The first-order chi connectivity index (χ1) is 5.00. The Morgan fingerprint density at radius 2 is 1.91 bits per heavy atom. The molecule has 0 aromatic rings. The van der Waals surface area contributed by atoms with Crippen molar-refractivity contribution in [3.05, 3.63) is 0 Å². The summed E-state index contributed by atoms with van der Waals surface area (Å²) in [7, 11) is -2.77. The summed E-state index contributed by atoms with van der Waals surface area (Å²) in [5, 5.41) is -0.181. The number of hydrogen-bond acceptors (Lipinski definition) is 2. The predicted molar refractivity (Wildman–Crippen MR) is 46.2 cm³/mol. The molecule has 0 spiro atoms. The molecule has 0 radical (unpaired) electrons. The summed E-state index contributed by atoms with van der Waals surface area (Å²) >= 11 is 0. The maximum atomic E-state index is 11.5. The molecule has 11 heavy (non-hydrogen) atoms. The minimum Gasteiger partial charge on any atom is -0.228 e. The van der Waals surface area contributed by atoms with Gasteiger partial charge in [-0.1, -0.05) is 13.8 Å². The molecule has 66 valence electrons. The third kappa shape index (κ3) is 1.31. The van der Waals surface area contributed by atoms with Crippen LogP contribution in [-0.2, 0) is 9.84 Å². The van der Waals surface area contributed by atoms with Crippen molar-refractivity contribution in [1.82, 2.24) is 0 Å². The average molecular weight is 176 g/mol. The van der Waals surface area contributed by atoms with Crippen LogP contribution in [0.5, 0.6) is 0 Å². The maximum Gasteiger partial charge on any atom is 0.156 e. The van der Waals surface area contributed by atoms with Crippen LogP contribution in [0.25, 0.3) is 0 Å². The van der Waals surface area contributed by atoms with Gasteiger partial charge >= 0.3 is 0 Å². The van der Waals surface area contributed by atoms with Crippen LogP contribution in [0.15, 0.2) is 0 Å². The summed E-state index contributed by atoms with van der Waals surface area (Å²) in [5.41, 5.74) is 0. The van der Waals surface area contributed by atoms with E-state index < -0.39 is 9.84 Å². The van der Waals surface area contributed by atoms with Gasteiger partial charge in [-0.15, -0.1) is 0 Å². The molecule has 0 bridgehead atoms. The van der Waals surface area contributed by atoms with E-state index in [9.17, 15) is 8.42 Å². The van der Waals surface area contributed by atoms with Gasteiger partial charge in [0, 0.05) is 0 Å². The molecule has 1 aliphatic rings. The molecule has 3 unspecified atom stereocenters. The van der Waals surface area contributed by atoms with Crippen molar-refractivity contribution in [1.29, 1.82) is 0 Å². The summed E-state index contributed by atoms with van der Waals surface area (Å²) in [5.74, 6) is 0.361. The fourth-order valence-electron chi connectivity index (χ4n) is 2.07. The summed E-state index contributed by atoms with van der Waals surface area (Å²) in [4.78, 5) is 0. The van der Waals surface area contributed by atoms with Crippen molar-refractivity contribution in [3.8, 4) is 0 Å². The Kier molecular flexibility index (Phi) is 2.28. The van der Waals surface area contributed by atoms with Crippen LogP contribution in [0, 0.1) is 5.92 Å². The number of hydrogen-bond donors (Lipinski definition) is 0. The minimum atomic E-state index is -2.77. The van der Waals surface area contributed by atoms with E-state index in [1.807, 2.05) is 20.8 Å². The standard InChI is InChI=1S/C8H16O2S/c1-4-8-6(2)5-7(3)11(8,9)10/h6-8H,4-5H2,1-3H3. The topological polar surface area (TPSA) is 34.1 Å². The van der Waals surface area contributed by atoms with Gasteiger partial charge in [-0.05, 0) is 25.7 Å². The summed E-state index contributed by atoms with van der Waals surface area (Å²) in [6.45, 7) is 5.81. The minimum absolute atomic E-state index is 0.0718. The van der Waals surface area contributed by atoms with E-state index in [0.717, 1.165) is 12.8 Å². The molecule has 0 aromatic carbocycles. The lowest BCUT2D eigenvalue weighted by atomic mass is 10.0. The molecule has 1 aliphatic heterocycles. The monoisotopic (exact) mass is 176 g/mol. The van der Waals surface area contributed by atoms with E-state index in [4.69, 9.17) is 0 Å². The van der Waals surface area contributed by atoms with E-state index >= 15 is 0 Å². The second-order valence-corrected chi connectivity index (χ2v) is 6.15. The molecule has 1 fully saturated rings. The van der Waals surface area contributed by atoms with Crippen LogP contribution in [0.3, 0.4) is 0 Å². The molecule has 0 aliphatic carbocycles. The second kappa shape index (κ2) is 2.77. The highest BCUT2D eigenvalue weighted by atomic mass is 32.2. The van der Waals surface area contributed by atoms with Gasteiger partial charge in [0.25, 0.3) is 0 Å². The molecule has 2 nitrogen and oxygen atoms in total. The molecular weight excluding hydrogens is 160 g/mol. The van der Waals surface area contributed by atoms with Crippen LogP contribution < -0.4 is 0 Å². The Morgan fingerprint density at radius 3 is 2.09 bits per heavy atom. The fraction of sp³-hybridized carbons (Fsp3) is 1.00. The fourth-order valence-corrected chi connectivity index (χ4v) is 4.46. The molecule has 1 rings (SSSR count). The SMILES string of the molecule is CCC1C(C)CC(C)S1(=O)=O. The molecule has 0 aromatic heterocycles. The molecular formula is C8H16O2S. The third-order valence-corrected chi connectivity index (χ3v) is 5.68. The van der Waals surface area contributed by atoms with Crippen molar-refractivity contribution in [2.45, 2.75) is 44.1 Å². The van der Waals surface area contributed by atoms with Crippen LogP contribution >= 0.6 is 0 Å². The van der Waals surface area contributed by atoms with Gasteiger partial charge in [0.15, 0.2) is 9.84 Å². The summed E-state index contributed by atoms with van der Waals surface area (Å²) in [6.07, 6.45) is 1.62. The zero-order chi connectivity index (χ0) is 8.65. The van der Waals surface area contributed by atoms with Crippen LogP contribution in [-0.4, -0.2) is 18.9 Å². The molecule has 1 heterocycles. The van der Waals surface area contributed by atoms with Crippen LogP contribution in [0.2, 0.25) is 0 Å². The van der Waals surface area contributed by atoms with Crippen molar-refractivity contribution < 1.29 is 8.42 Å². The van der Waals surface area contributed by atoms with Gasteiger partial charge in [-0.2, -0.15) is 0 Å². The van der Waals surface area contributed by atoms with E-state index in [2.05, 4.69) is 0 Å². The lowest BCUT2D eigenvalue weighted by Gasteiger charge is -2.10. The average Bonchev–Trinajstić information content (AvgIpc) is 2.04. The van der Waals surface area contributed by atoms with Gasteiger partial charge in [-0.3, -0.25) is 0 Å². The highest BCUT2D eigenvalue weighted by molar-refractivity contribution is 7.92. The van der Waals surface area contributed by atoms with Gasteiger partial charge in [0.05, 0.1) is 10.5 Å². The second-order valence-electron chi connectivity index (χ2n) is 3.56. The number of rotatable bonds is 1. The normalized spacial score (nSPS) is 42.6. The molecule has 3 atom stereocenters. The van der Waals surface area contributed by atoms with Crippen molar-refractivity contribution in [2.24, 2.45) is 5.92 Å². The summed E-state index contributed by atoms with van der Waals surface area (Å²) < 4.78 is 23.1. The number of sulfone groups is 1. The maximum absolute atomic E-state index is 11.5. The lowest BCUT2D eigenvalue weighted by molar-refractivity contribution is 0.523. The van der Waals surface area contributed by atoms with E-state index in [1.165, 1.54) is 0 Å². The first kappa shape index (κ1) is 9.04. The highest BCUT2D eigenvalue weighted by Gasteiger charge is 2.41. The van der Waals surface area contributed by atoms with Crippen molar-refractivity contribution >= 4 is 9.84 Å². The van der Waals surface area contributed by atoms with E-state index in [1.54, 1.807) is 0 Å². The largest absolute Gasteiger partial charge is 0.228 e. The Hall–Kier alpha value is -0.0500. The highest BCUT2D eigenvalue weighted by Crippen LogP contribution is 2.33. The molecule has 1 saturated heterocycles. The Labute approximate surface area is 68.9 Å².